The number of aryl methyl sites for hydroxylation is 3. The van der Waals surface area contributed by atoms with Crippen LogP contribution >= 0.6 is 0 Å². The van der Waals surface area contributed by atoms with Crippen LogP contribution < -0.4 is 5.56 Å². The molecule has 0 atom stereocenters. The van der Waals surface area contributed by atoms with Crippen LogP contribution in [-0.4, -0.2) is 24.8 Å². The van der Waals surface area contributed by atoms with Crippen molar-refractivity contribution in [3.8, 4) is 22.6 Å². The van der Waals surface area contributed by atoms with E-state index in [4.69, 9.17) is 4.42 Å². The molecule has 0 radical (unpaired) electrons. The van der Waals surface area contributed by atoms with Crippen molar-refractivity contribution in [2.45, 2.75) is 20.8 Å². The zero-order valence-electron chi connectivity index (χ0n) is 13.5. The second-order valence-electron chi connectivity index (χ2n) is 5.64. The molecule has 3 heterocycles. The molecule has 4 rings (SSSR count). The number of benzene rings is 1. The Morgan fingerprint density at radius 1 is 1.04 bits per heavy atom. The largest absolute Gasteiger partial charge is 0.421 e. The summed E-state index contributed by atoms with van der Waals surface area (Å²) in [5, 5.41) is 10.8. The standard InChI is InChI=1S/C17H15N5O2/c1-9-14(16-20-19-11(3)24-16)17(23)22-15(18-9)13(10(2)21-22)12-7-5-4-6-8-12/h4-8,21H,1-3H3. The summed E-state index contributed by atoms with van der Waals surface area (Å²) in [4.78, 5) is 17.5. The van der Waals surface area contributed by atoms with Gasteiger partial charge in [-0.25, -0.2) is 9.50 Å². The molecular weight excluding hydrogens is 306 g/mol. The first kappa shape index (κ1) is 14.4. The van der Waals surface area contributed by atoms with Gasteiger partial charge in [0.25, 0.3) is 11.4 Å². The summed E-state index contributed by atoms with van der Waals surface area (Å²) < 4.78 is 6.84. The first-order valence-corrected chi connectivity index (χ1v) is 7.54. The average Bonchev–Trinajstić information content (AvgIpc) is 3.12. The van der Waals surface area contributed by atoms with Gasteiger partial charge in [-0.2, -0.15) is 0 Å². The maximum Gasteiger partial charge on any atom is 0.285 e. The maximum atomic E-state index is 12.9. The Kier molecular flexibility index (Phi) is 3.09. The summed E-state index contributed by atoms with van der Waals surface area (Å²) in [7, 11) is 0. The van der Waals surface area contributed by atoms with E-state index in [0.29, 0.717) is 22.8 Å². The topological polar surface area (TPSA) is 89.1 Å². The van der Waals surface area contributed by atoms with Gasteiger partial charge in [0, 0.05) is 18.2 Å². The molecule has 0 aliphatic carbocycles. The van der Waals surface area contributed by atoms with Crippen LogP contribution in [0, 0.1) is 20.8 Å². The van der Waals surface area contributed by atoms with Gasteiger partial charge in [-0.1, -0.05) is 30.3 Å². The van der Waals surface area contributed by atoms with Crippen LogP contribution in [0.4, 0.5) is 0 Å². The fourth-order valence-corrected chi connectivity index (χ4v) is 2.88. The Labute approximate surface area is 137 Å². The minimum absolute atomic E-state index is 0.186. The lowest BCUT2D eigenvalue weighted by Gasteiger charge is -2.03. The Bertz CT molecular complexity index is 1110. The molecule has 0 saturated carbocycles. The third-order valence-electron chi connectivity index (χ3n) is 3.94. The van der Waals surface area contributed by atoms with E-state index < -0.39 is 0 Å². The van der Waals surface area contributed by atoms with E-state index in [0.717, 1.165) is 16.8 Å². The van der Waals surface area contributed by atoms with Gasteiger partial charge >= 0.3 is 0 Å². The fraction of sp³-hybridized carbons (Fsp3) is 0.176. The molecule has 120 valence electrons. The zero-order chi connectivity index (χ0) is 16.8. The summed E-state index contributed by atoms with van der Waals surface area (Å²) in [6.45, 7) is 5.37. The van der Waals surface area contributed by atoms with Crippen molar-refractivity contribution in [1.82, 2.24) is 24.8 Å². The predicted molar refractivity (Wildman–Crippen MR) is 88.8 cm³/mol. The molecule has 0 spiro atoms. The Balaban J connectivity index is 2.05. The van der Waals surface area contributed by atoms with Crippen LogP contribution in [-0.2, 0) is 0 Å². The number of nitrogens with zero attached hydrogens (tertiary/aromatic N) is 4. The highest BCUT2D eigenvalue weighted by Crippen LogP contribution is 2.27. The fourth-order valence-electron chi connectivity index (χ4n) is 2.88. The molecule has 1 aromatic carbocycles. The summed E-state index contributed by atoms with van der Waals surface area (Å²) in [5.74, 6) is 0.590. The number of fused-ring (bicyclic) bond motifs is 1. The van der Waals surface area contributed by atoms with E-state index in [-0.39, 0.29) is 11.4 Å². The van der Waals surface area contributed by atoms with E-state index >= 15 is 0 Å². The molecule has 0 unspecified atom stereocenters. The highest BCUT2D eigenvalue weighted by atomic mass is 16.4. The minimum Gasteiger partial charge on any atom is -0.421 e. The highest BCUT2D eigenvalue weighted by Gasteiger charge is 2.21. The molecule has 7 nitrogen and oxygen atoms in total. The van der Waals surface area contributed by atoms with Crippen molar-refractivity contribution in [2.75, 3.05) is 0 Å². The number of hydrogen-bond donors (Lipinski definition) is 1. The van der Waals surface area contributed by atoms with Crippen molar-refractivity contribution in [3.63, 3.8) is 0 Å². The summed E-state index contributed by atoms with van der Waals surface area (Å²) >= 11 is 0. The molecule has 0 aliphatic heterocycles. The lowest BCUT2D eigenvalue weighted by Crippen LogP contribution is -2.19. The zero-order valence-corrected chi connectivity index (χ0v) is 13.5. The third kappa shape index (κ3) is 2.05. The van der Waals surface area contributed by atoms with E-state index in [1.165, 1.54) is 4.52 Å². The van der Waals surface area contributed by atoms with Gasteiger partial charge in [0.2, 0.25) is 5.89 Å². The van der Waals surface area contributed by atoms with Crippen molar-refractivity contribution in [2.24, 2.45) is 0 Å². The second kappa shape index (κ2) is 5.16. The second-order valence-corrected chi connectivity index (χ2v) is 5.64. The summed E-state index contributed by atoms with van der Waals surface area (Å²) in [6.07, 6.45) is 0. The first-order valence-electron chi connectivity index (χ1n) is 7.54. The van der Waals surface area contributed by atoms with Crippen LogP contribution in [0.25, 0.3) is 28.2 Å². The molecular formula is C17H15N5O2. The van der Waals surface area contributed by atoms with Crippen molar-refractivity contribution in [1.29, 1.82) is 0 Å². The number of aromatic amines is 1. The van der Waals surface area contributed by atoms with Crippen molar-refractivity contribution >= 4 is 5.65 Å². The molecule has 0 fully saturated rings. The van der Waals surface area contributed by atoms with E-state index in [9.17, 15) is 4.79 Å². The van der Waals surface area contributed by atoms with Gasteiger partial charge in [0.05, 0.1) is 5.69 Å². The molecule has 7 heteroatoms. The number of rotatable bonds is 2. The Hall–Kier alpha value is -3.22. The highest BCUT2D eigenvalue weighted by molar-refractivity contribution is 5.80. The number of hydrogen-bond acceptors (Lipinski definition) is 5. The van der Waals surface area contributed by atoms with Crippen LogP contribution in [0.15, 0.2) is 39.5 Å². The number of nitrogens with one attached hydrogen (secondary N) is 1. The summed E-state index contributed by atoms with van der Waals surface area (Å²) in [6, 6.07) is 9.85. The molecule has 0 saturated heterocycles. The SMILES string of the molecule is Cc1nnc(-c2c(C)nc3c(-c4ccccc4)c(C)[nH]n3c2=O)o1. The molecule has 0 aliphatic rings. The smallest absolute Gasteiger partial charge is 0.285 e. The monoisotopic (exact) mass is 321 g/mol. The van der Waals surface area contributed by atoms with Gasteiger partial charge in [0.15, 0.2) is 5.65 Å². The average molecular weight is 321 g/mol. The molecule has 0 amide bonds. The molecule has 24 heavy (non-hydrogen) atoms. The van der Waals surface area contributed by atoms with Gasteiger partial charge in [-0.15, -0.1) is 10.2 Å². The van der Waals surface area contributed by atoms with E-state index in [1.54, 1.807) is 13.8 Å². The van der Waals surface area contributed by atoms with Gasteiger partial charge in [0.1, 0.15) is 5.56 Å². The number of H-pyrrole nitrogens is 1. The van der Waals surface area contributed by atoms with Crippen LogP contribution in [0.1, 0.15) is 17.3 Å². The third-order valence-corrected chi connectivity index (χ3v) is 3.94. The molecule has 1 N–H and O–H groups in total. The van der Waals surface area contributed by atoms with Crippen LogP contribution in [0.3, 0.4) is 0 Å². The Morgan fingerprint density at radius 3 is 2.46 bits per heavy atom. The van der Waals surface area contributed by atoms with Gasteiger partial charge < -0.3 is 4.42 Å². The molecule has 3 aromatic heterocycles. The van der Waals surface area contributed by atoms with Gasteiger partial charge in [-0.3, -0.25) is 9.89 Å². The predicted octanol–water partition coefficient (Wildman–Crippen LogP) is 2.66. The Morgan fingerprint density at radius 2 is 1.79 bits per heavy atom. The lowest BCUT2D eigenvalue weighted by molar-refractivity contribution is 0.531. The van der Waals surface area contributed by atoms with E-state index in [2.05, 4.69) is 20.3 Å². The van der Waals surface area contributed by atoms with Crippen LogP contribution in [0.2, 0.25) is 0 Å². The van der Waals surface area contributed by atoms with E-state index in [1.807, 2.05) is 37.3 Å². The molecule has 0 bridgehead atoms. The minimum atomic E-state index is -0.258. The first-order chi connectivity index (χ1) is 11.6. The quantitative estimate of drug-likeness (QED) is 0.613. The van der Waals surface area contributed by atoms with Crippen molar-refractivity contribution in [3.05, 3.63) is 58.0 Å². The van der Waals surface area contributed by atoms with Crippen molar-refractivity contribution < 1.29 is 4.42 Å². The summed E-state index contributed by atoms with van der Waals surface area (Å²) in [5.41, 5.74) is 3.97. The molecule has 4 aromatic rings. The van der Waals surface area contributed by atoms with Gasteiger partial charge in [-0.05, 0) is 19.4 Å². The normalized spacial score (nSPS) is 11.3. The lowest BCUT2D eigenvalue weighted by atomic mass is 10.1. The maximum absolute atomic E-state index is 12.9. The number of aromatic nitrogens is 5. The van der Waals surface area contributed by atoms with Crippen LogP contribution in [0.5, 0.6) is 0 Å².